The van der Waals surface area contributed by atoms with Crippen LogP contribution in [0.1, 0.15) is 44.3 Å². The smallest absolute Gasteiger partial charge is 0.160 e. The molecule has 38 heavy (non-hydrogen) atoms. The van der Waals surface area contributed by atoms with Gasteiger partial charge in [0, 0.05) is 52.2 Å². The summed E-state index contributed by atoms with van der Waals surface area (Å²) in [4.78, 5) is 33.6. The van der Waals surface area contributed by atoms with Crippen LogP contribution in [0.2, 0.25) is 0 Å². The molecule has 4 nitrogen and oxygen atoms in total. The lowest BCUT2D eigenvalue weighted by Gasteiger charge is -2.31. The van der Waals surface area contributed by atoms with Crippen LogP contribution in [-0.2, 0) is 12.2 Å². The summed E-state index contributed by atoms with van der Waals surface area (Å²) in [6.45, 7) is 4.72. The van der Waals surface area contributed by atoms with Gasteiger partial charge >= 0.3 is 0 Å². The van der Waals surface area contributed by atoms with Crippen LogP contribution < -0.4 is 9.47 Å². The molecule has 0 saturated heterocycles. The molecule has 0 N–H and O–H groups in total. The Morgan fingerprint density at radius 3 is 1.92 bits per heavy atom. The van der Waals surface area contributed by atoms with Gasteiger partial charge in [-0.15, -0.1) is 68.0 Å². The molecule has 8 heterocycles. The van der Waals surface area contributed by atoms with E-state index in [1.165, 1.54) is 72.5 Å². The fourth-order valence-electron chi connectivity index (χ4n) is 4.94. The van der Waals surface area contributed by atoms with Gasteiger partial charge in [0.05, 0.1) is 29.3 Å². The maximum absolute atomic E-state index is 11.4. The zero-order chi connectivity index (χ0) is 25.8. The second kappa shape index (κ2) is 8.20. The van der Waals surface area contributed by atoms with Gasteiger partial charge in [0.1, 0.15) is 23.7 Å². The Morgan fingerprint density at radius 2 is 1.24 bits per heavy atom. The van der Waals surface area contributed by atoms with E-state index in [2.05, 4.69) is 38.1 Å². The highest BCUT2D eigenvalue weighted by Crippen LogP contribution is 2.56. The third-order valence-electron chi connectivity index (χ3n) is 6.71. The Balaban J connectivity index is 1.16. The van der Waals surface area contributed by atoms with Crippen molar-refractivity contribution in [3.8, 4) is 50.5 Å². The van der Waals surface area contributed by atoms with Gasteiger partial charge in [-0.2, -0.15) is 0 Å². The zero-order valence-electron chi connectivity index (χ0n) is 19.9. The first-order chi connectivity index (χ1) is 18.4. The molecule has 2 aliphatic rings. The number of rotatable bonds is 4. The van der Waals surface area contributed by atoms with Gasteiger partial charge in [-0.05, 0) is 38.1 Å². The highest BCUT2D eigenvalue weighted by molar-refractivity contribution is 7.34. The Morgan fingerprint density at radius 1 is 0.658 bits per heavy atom. The van der Waals surface area contributed by atoms with E-state index in [1.54, 1.807) is 22.7 Å². The van der Waals surface area contributed by atoms with Gasteiger partial charge in [0.2, 0.25) is 0 Å². The number of hydrogen-bond donors (Lipinski definition) is 0. The van der Waals surface area contributed by atoms with Crippen molar-refractivity contribution in [2.75, 3.05) is 0 Å². The first-order valence-corrected chi connectivity index (χ1v) is 16.6. The molecule has 0 aromatic carbocycles. The summed E-state index contributed by atoms with van der Waals surface area (Å²) in [6, 6.07) is 12.8. The molecule has 0 saturated carbocycles. The van der Waals surface area contributed by atoms with Crippen LogP contribution in [0, 0.1) is 0 Å². The van der Waals surface area contributed by atoms with E-state index in [9.17, 15) is 9.59 Å². The Labute approximate surface area is 241 Å². The minimum atomic E-state index is -0.447. The molecule has 2 aliphatic heterocycles. The highest BCUT2D eigenvalue weighted by atomic mass is 32.1. The van der Waals surface area contributed by atoms with Crippen LogP contribution in [0.15, 0.2) is 36.4 Å². The van der Waals surface area contributed by atoms with Crippen molar-refractivity contribution in [1.29, 1.82) is 0 Å². The van der Waals surface area contributed by atoms with Gasteiger partial charge < -0.3 is 9.47 Å². The SMILES string of the molecule is CC1(C)Oc2cc(C=O)sc2-c2sc(-c3cc4sc(-c5cc6c(s5)-c5sc(C=O)cc5OC6)cc4s3)cc21. The van der Waals surface area contributed by atoms with Crippen LogP contribution in [0.25, 0.3) is 48.4 Å². The summed E-state index contributed by atoms with van der Waals surface area (Å²) in [6.07, 6.45) is 1.79. The number of carbonyl (C=O) groups excluding carboxylic acids is 2. The number of ether oxygens (including phenoxy) is 2. The second-order valence-corrected chi connectivity index (χ2v) is 16.0. The molecule has 0 amide bonds. The molecule has 188 valence electrons. The fraction of sp³-hybridized carbons (Fsp3) is 0.143. The summed E-state index contributed by atoms with van der Waals surface area (Å²) in [5.74, 6) is 1.62. The molecule has 8 rings (SSSR count). The zero-order valence-corrected chi connectivity index (χ0v) is 24.8. The fourth-order valence-corrected chi connectivity index (χ4v) is 12.1. The van der Waals surface area contributed by atoms with E-state index >= 15 is 0 Å². The van der Waals surface area contributed by atoms with Crippen molar-refractivity contribution < 1.29 is 19.1 Å². The molecule has 10 heteroatoms. The number of aldehydes is 2. The monoisotopic (exact) mass is 608 g/mol. The first-order valence-electron chi connectivity index (χ1n) is 11.7. The van der Waals surface area contributed by atoms with Crippen LogP contribution >= 0.6 is 68.0 Å². The Hall–Kier alpha value is -2.60. The van der Waals surface area contributed by atoms with Crippen molar-refractivity contribution in [2.45, 2.75) is 26.1 Å². The summed E-state index contributed by atoms with van der Waals surface area (Å²) >= 11 is 10.2. The molecule has 0 fully saturated rings. The van der Waals surface area contributed by atoms with Crippen molar-refractivity contribution in [1.82, 2.24) is 0 Å². The second-order valence-electron chi connectivity index (χ2n) is 9.59. The Bertz CT molecular complexity index is 1900. The largest absolute Gasteiger partial charge is 0.487 e. The van der Waals surface area contributed by atoms with E-state index in [0.29, 0.717) is 16.4 Å². The van der Waals surface area contributed by atoms with Crippen LogP contribution in [0.3, 0.4) is 0 Å². The average Bonchev–Trinajstić information content (AvgIpc) is 3.69. The summed E-state index contributed by atoms with van der Waals surface area (Å²) in [7, 11) is 0. The first kappa shape index (κ1) is 23.3. The quantitative estimate of drug-likeness (QED) is 0.187. The summed E-state index contributed by atoms with van der Waals surface area (Å²) in [5, 5.41) is 0. The molecular weight excluding hydrogens is 593 g/mol. The molecule has 0 atom stereocenters. The molecular formula is C28H16O4S6. The van der Waals surface area contributed by atoms with E-state index < -0.39 is 5.60 Å². The summed E-state index contributed by atoms with van der Waals surface area (Å²) in [5.41, 5.74) is 1.92. The predicted molar refractivity (Wildman–Crippen MR) is 162 cm³/mol. The molecule has 6 aromatic heterocycles. The predicted octanol–water partition coefficient (Wildman–Crippen LogP) is 10.0. The lowest BCUT2D eigenvalue weighted by atomic mass is 9.95. The lowest BCUT2D eigenvalue weighted by Crippen LogP contribution is -2.27. The topological polar surface area (TPSA) is 52.6 Å². The van der Waals surface area contributed by atoms with Gasteiger partial charge in [-0.1, -0.05) is 0 Å². The third-order valence-corrected chi connectivity index (χ3v) is 14.1. The lowest BCUT2D eigenvalue weighted by molar-refractivity contribution is 0.106. The third kappa shape index (κ3) is 3.41. The molecule has 0 radical (unpaired) electrons. The number of thiophene rings is 6. The van der Waals surface area contributed by atoms with E-state index in [0.717, 1.165) is 33.8 Å². The van der Waals surface area contributed by atoms with Gasteiger partial charge in [-0.3, -0.25) is 9.59 Å². The van der Waals surface area contributed by atoms with E-state index in [4.69, 9.17) is 9.47 Å². The standard InChI is InChI=1S/C28H16O4S6/c1-28(2)15-6-19(38-25(15)27-17(32-28)5-14(10-30)34-27)21-8-23-22(36-21)7-20(35-23)18-3-12-11-31-16-4-13(9-29)33-26(16)24(12)37-18/h3-10H,11H2,1-2H3. The van der Waals surface area contributed by atoms with Gasteiger partial charge in [0.25, 0.3) is 0 Å². The highest BCUT2D eigenvalue weighted by Gasteiger charge is 2.36. The molecule has 0 spiro atoms. The Kier molecular flexibility index (Phi) is 5.03. The average molecular weight is 609 g/mol. The normalized spacial score (nSPS) is 14.8. The maximum atomic E-state index is 11.4. The molecule has 0 bridgehead atoms. The molecule has 0 aliphatic carbocycles. The number of carbonyl (C=O) groups is 2. The summed E-state index contributed by atoms with van der Waals surface area (Å²) < 4.78 is 14.8. The van der Waals surface area contributed by atoms with Gasteiger partial charge in [0.15, 0.2) is 12.6 Å². The van der Waals surface area contributed by atoms with E-state index in [-0.39, 0.29) is 0 Å². The van der Waals surface area contributed by atoms with Crippen molar-refractivity contribution in [3.05, 3.63) is 57.3 Å². The minimum Gasteiger partial charge on any atom is -0.487 e. The van der Waals surface area contributed by atoms with Crippen molar-refractivity contribution >= 4 is 90.0 Å². The van der Waals surface area contributed by atoms with Crippen LogP contribution in [0.5, 0.6) is 11.5 Å². The minimum absolute atomic E-state index is 0.447. The van der Waals surface area contributed by atoms with Crippen molar-refractivity contribution in [3.63, 3.8) is 0 Å². The number of hydrogen-bond acceptors (Lipinski definition) is 10. The molecule has 6 aromatic rings. The van der Waals surface area contributed by atoms with Gasteiger partial charge in [-0.25, -0.2) is 0 Å². The number of fused-ring (bicyclic) bond motifs is 7. The van der Waals surface area contributed by atoms with Crippen LogP contribution in [-0.4, -0.2) is 12.6 Å². The van der Waals surface area contributed by atoms with E-state index in [1.807, 2.05) is 34.8 Å². The maximum Gasteiger partial charge on any atom is 0.160 e. The van der Waals surface area contributed by atoms with Crippen LogP contribution in [0.4, 0.5) is 0 Å². The molecule has 0 unspecified atom stereocenters. The van der Waals surface area contributed by atoms with Crippen molar-refractivity contribution in [2.24, 2.45) is 0 Å².